The minimum atomic E-state index is -3.14. The fourth-order valence-corrected chi connectivity index (χ4v) is 27.6. The molecule has 0 heterocycles. The molecule has 3 heteroatoms. The third-order valence-corrected chi connectivity index (χ3v) is 29.6. The van der Waals surface area contributed by atoms with Crippen LogP contribution in [0.1, 0.15) is 135 Å². The monoisotopic (exact) mass is 910 g/mol. The largest absolute Gasteiger partial charge is 1.00 e. The molecule has 3 aromatic rings. The average Bonchev–Trinajstić information content (AvgIpc) is 3.86. The molecule has 5 fully saturated rings. The van der Waals surface area contributed by atoms with E-state index in [2.05, 4.69) is 165 Å². The first kappa shape index (κ1) is 43.0. The second-order valence-electron chi connectivity index (χ2n) is 22.5. The Kier molecular flexibility index (Phi) is 10.5. The molecule has 312 valence electrons. The summed E-state index contributed by atoms with van der Waals surface area (Å²) in [5.74, 6) is 3.37. The van der Waals surface area contributed by atoms with Crippen LogP contribution in [-0.2, 0) is 27.7 Å². The van der Waals surface area contributed by atoms with E-state index in [1.54, 1.807) is 31.1 Å². The van der Waals surface area contributed by atoms with Crippen LogP contribution in [0, 0.1) is 50.7 Å². The predicted molar refractivity (Wildman–Crippen MR) is 241 cm³/mol. The molecular weight excluding hydrogens is 847 g/mol. The van der Waals surface area contributed by atoms with Gasteiger partial charge in [0.25, 0.3) is 0 Å². The SMILES string of the molecule is CC12C(=C3Cc4ccccc4C3=C3C=CCCC31)[C](C)([Zr+2]([C]1=CC(C34CC5CC(CC(C5)C3)C4)=CC1)=[C](c1ccccc1)c1ccccc1)C(C)(C)C(C)(C)C2(C)C.[Cl-].[Cl-]. The fourth-order valence-electron chi connectivity index (χ4n) is 16.3. The molecule has 3 unspecified atom stereocenters. The molecule has 5 saturated carbocycles. The Morgan fingerprint density at radius 2 is 1.22 bits per heavy atom. The molecule has 9 aliphatic carbocycles. The van der Waals surface area contributed by atoms with Gasteiger partial charge in [-0.1, -0.05) is 0 Å². The van der Waals surface area contributed by atoms with Crippen LogP contribution in [0.5, 0.6) is 0 Å². The van der Waals surface area contributed by atoms with Gasteiger partial charge in [0, 0.05) is 0 Å². The summed E-state index contributed by atoms with van der Waals surface area (Å²) in [4.78, 5) is 0. The molecule has 60 heavy (non-hydrogen) atoms. The quantitative estimate of drug-likeness (QED) is 0.240. The Morgan fingerprint density at radius 1 is 0.650 bits per heavy atom. The molecule has 9 aliphatic rings. The van der Waals surface area contributed by atoms with E-state index >= 15 is 0 Å². The molecule has 3 aromatic carbocycles. The number of halogens is 2. The molecule has 0 aromatic heterocycles. The first-order chi connectivity index (χ1) is 27.7. The standard InChI is InChI=1S/C29H37.C15H19.C13H10.2ClH.Zr/c1-18-25-22-17-19-13-9-10-14-20(19)24(22)21-15-11-12-16-23(21)29(25,8)28(6,7)27(4,5)26(18,2)3;1-2-4-14(3-1)15-8-11-5-12(9-15)7-13(6-11)10-15;1-3-7-12(8-4-1)11-13-9-5-2-6-10-13;;;/h9-11,13-15,23H,12,16-17H2,1-8H3;3-4,11-13H,1,5-10H2;1-10H;2*1H;/q;;;;;+2/p-2. The van der Waals surface area contributed by atoms with Crippen molar-refractivity contribution in [3.63, 3.8) is 0 Å². The predicted octanol–water partition coefficient (Wildman–Crippen LogP) is 8.88. The number of benzene rings is 3. The van der Waals surface area contributed by atoms with Gasteiger partial charge < -0.3 is 24.8 Å². The third-order valence-electron chi connectivity index (χ3n) is 19.9. The molecule has 4 bridgehead atoms. The molecular formula is C57H66Cl2Zr. The van der Waals surface area contributed by atoms with Crippen LogP contribution in [0.15, 0.2) is 135 Å². The average molecular weight is 913 g/mol. The Hall–Kier alpha value is -2.31. The van der Waals surface area contributed by atoms with Crippen LogP contribution in [0.4, 0.5) is 0 Å². The van der Waals surface area contributed by atoms with Crippen LogP contribution in [0.3, 0.4) is 0 Å². The van der Waals surface area contributed by atoms with E-state index in [4.69, 9.17) is 0 Å². The zero-order valence-corrected chi connectivity index (χ0v) is 41.5. The summed E-state index contributed by atoms with van der Waals surface area (Å²) in [5, 5.41) is 0. The Labute approximate surface area is 382 Å². The van der Waals surface area contributed by atoms with E-state index in [1.807, 2.05) is 8.85 Å². The first-order valence-corrected chi connectivity index (χ1v) is 26.9. The summed E-state index contributed by atoms with van der Waals surface area (Å²) < 4.78 is 3.58. The summed E-state index contributed by atoms with van der Waals surface area (Å²) in [7, 11) is 0. The summed E-state index contributed by atoms with van der Waals surface area (Å²) in [6.07, 6.45) is 24.4. The zero-order chi connectivity index (χ0) is 40.0. The Morgan fingerprint density at radius 3 is 1.82 bits per heavy atom. The van der Waals surface area contributed by atoms with Gasteiger partial charge in [0.1, 0.15) is 0 Å². The van der Waals surface area contributed by atoms with Crippen LogP contribution in [0.2, 0.25) is 3.12 Å². The van der Waals surface area contributed by atoms with Gasteiger partial charge in [-0.15, -0.1) is 0 Å². The molecule has 0 saturated heterocycles. The number of hydrogen-bond donors (Lipinski definition) is 0. The first-order valence-electron chi connectivity index (χ1n) is 23.2. The van der Waals surface area contributed by atoms with Gasteiger partial charge in [-0.3, -0.25) is 0 Å². The molecule has 12 rings (SSSR count). The molecule has 0 spiro atoms. The van der Waals surface area contributed by atoms with E-state index in [1.165, 1.54) is 68.1 Å². The summed E-state index contributed by atoms with van der Waals surface area (Å²) in [6, 6.07) is 33.3. The Bertz CT molecular complexity index is 2360. The minimum absolute atomic E-state index is 0. The molecule has 0 aliphatic heterocycles. The molecule has 0 amide bonds. The van der Waals surface area contributed by atoms with Gasteiger partial charge in [-0.25, -0.2) is 0 Å². The van der Waals surface area contributed by atoms with E-state index < -0.39 is 21.3 Å². The molecule has 0 N–H and O–H groups in total. The summed E-state index contributed by atoms with van der Waals surface area (Å²) in [6.45, 7) is 22.1. The van der Waals surface area contributed by atoms with Gasteiger partial charge in [0.05, 0.1) is 0 Å². The zero-order valence-electron chi connectivity index (χ0n) is 37.5. The molecule has 0 nitrogen and oxygen atoms in total. The van der Waals surface area contributed by atoms with Gasteiger partial charge in [0.15, 0.2) is 0 Å². The summed E-state index contributed by atoms with van der Waals surface area (Å²) in [5.41, 5.74) is 15.2. The smallest absolute Gasteiger partial charge is 1.00 e. The van der Waals surface area contributed by atoms with E-state index in [9.17, 15) is 0 Å². The van der Waals surface area contributed by atoms with Crippen molar-refractivity contribution in [2.75, 3.05) is 0 Å². The molecule has 3 atom stereocenters. The summed E-state index contributed by atoms with van der Waals surface area (Å²) >= 11 is -3.14. The second-order valence-corrected chi connectivity index (χ2v) is 29.6. The van der Waals surface area contributed by atoms with Crippen LogP contribution in [0.25, 0.3) is 5.57 Å². The van der Waals surface area contributed by atoms with Crippen molar-refractivity contribution >= 4 is 8.78 Å². The van der Waals surface area contributed by atoms with Crippen molar-refractivity contribution in [3.05, 3.63) is 157 Å². The number of allylic oxidation sites excluding steroid dienone is 10. The maximum atomic E-state index is 2.95. The Balaban J connectivity index is 0.00000231. The van der Waals surface area contributed by atoms with Crippen molar-refractivity contribution in [3.8, 4) is 0 Å². The molecule has 0 radical (unpaired) electrons. The van der Waals surface area contributed by atoms with Gasteiger partial charge in [-0.05, 0) is 0 Å². The maximum Gasteiger partial charge on any atom is -1.00 e. The number of rotatable bonds is 5. The number of hydrogen-bond acceptors (Lipinski definition) is 0. The third kappa shape index (κ3) is 5.52. The van der Waals surface area contributed by atoms with Crippen LogP contribution in [-0.4, -0.2) is 3.21 Å². The van der Waals surface area contributed by atoms with Crippen molar-refractivity contribution in [2.24, 2.45) is 50.7 Å². The van der Waals surface area contributed by atoms with Crippen LogP contribution < -0.4 is 24.8 Å². The maximum absolute atomic E-state index is 3.14. The van der Waals surface area contributed by atoms with Crippen molar-refractivity contribution in [2.45, 2.75) is 123 Å². The van der Waals surface area contributed by atoms with Gasteiger partial charge in [0.2, 0.25) is 0 Å². The van der Waals surface area contributed by atoms with Crippen molar-refractivity contribution in [1.82, 2.24) is 0 Å². The minimum Gasteiger partial charge on any atom is -1.00 e. The topological polar surface area (TPSA) is 0 Å². The number of fused-ring (bicyclic) bond motifs is 6. The fraction of sp³-hybridized carbons (Fsp3) is 0.491. The van der Waals surface area contributed by atoms with Crippen LogP contribution >= 0.6 is 0 Å². The normalized spacial score (nSPS) is 34.2. The van der Waals surface area contributed by atoms with E-state index in [-0.39, 0.29) is 49.6 Å². The second kappa shape index (κ2) is 14.6. The van der Waals surface area contributed by atoms with E-state index in [0.717, 1.165) is 30.6 Å². The van der Waals surface area contributed by atoms with Crippen molar-refractivity contribution < 1.29 is 46.1 Å². The van der Waals surface area contributed by atoms with E-state index in [0.29, 0.717) is 11.3 Å². The van der Waals surface area contributed by atoms with Gasteiger partial charge in [-0.2, -0.15) is 0 Å². The van der Waals surface area contributed by atoms with Gasteiger partial charge >= 0.3 is 361 Å². The van der Waals surface area contributed by atoms with Crippen molar-refractivity contribution in [1.29, 1.82) is 0 Å².